The fourth-order valence-electron chi connectivity index (χ4n) is 3.89. The number of carbonyl (C=O) groups is 1. The van der Waals surface area contributed by atoms with Crippen LogP contribution in [0.4, 0.5) is 0 Å². The van der Waals surface area contributed by atoms with Gasteiger partial charge in [0.15, 0.2) is 0 Å². The summed E-state index contributed by atoms with van der Waals surface area (Å²) < 4.78 is 5.78. The number of aliphatic hydroxyl groups excluding tert-OH is 1. The molecule has 0 bridgehead atoms. The second kappa shape index (κ2) is 6.30. The molecule has 2 atom stereocenters. The predicted octanol–water partition coefficient (Wildman–Crippen LogP) is 2.70. The Balaban J connectivity index is 1.65. The van der Waals surface area contributed by atoms with E-state index in [-0.39, 0.29) is 23.5 Å². The molecule has 0 aromatic carbocycles. The molecular weight excluding hydrogens is 298 g/mol. The van der Waals surface area contributed by atoms with Crippen LogP contribution in [0.15, 0.2) is 11.4 Å². The zero-order valence-corrected chi connectivity index (χ0v) is 14.2. The maximum Gasteiger partial charge on any atom is 0.264 e. The number of thiophene rings is 1. The van der Waals surface area contributed by atoms with Crippen LogP contribution in [0, 0.1) is 5.41 Å². The first-order valence-electron chi connectivity index (χ1n) is 8.27. The van der Waals surface area contributed by atoms with Crippen molar-refractivity contribution >= 4 is 17.2 Å². The highest BCUT2D eigenvalue weighted by Gasteiger charge is 2.56. The molecule has 2 heterocycles. The van der Waals surface area contributed by atoms with Crippen LogP contribution in [0.5, 0.6) is 0 Å². The molecule has 4 nitrogen and oxygen atoms in total. The zero-order valence-electron chi connectivity index (χ0n) is 13.4. The van der Waals surface area contributed by atoms with Crippen molar-refractivity contribution in [3.05, 3.63) is 21.9 Å². The van der Waals surface area contributed by atoms with Crippen molar-refractivity contribution in [2.24, 2.45) is 5.41 Å². The number of hydrogen-bond donors (Lipinski definition) is 1. The van der Waals surface area contributed by atoms with Crippen molar-refractivity contribution < 1.29 is 14.6 Å². The SMILES string of the molecule is CCOC1CC(O)C12CCN(C(=O)c1sccc1CC)CC2. The highest BCUT2D eigenvalue weighted by molar-refractivity contribution is 7.12. The second-order valence-electron chi connectivity index (χ2n) is 6.35. The number of carbonyl (C=O) groups excluding carboxylic acids is 1. The highest BCUT2D eigenvalue weighted by Crippen LogP contribution is 2.51. The summed E-state index contributed by atoms with van der Waals surface area (Å²) in [6.45, 7) is 6.22. The van der Waals surface area contributed by atoms with Crippen LogP contribution < -0.4 is 0 Å². The lowest BCUT2D eigenvalue weighted by Crippen LogP contribution is -2.62. The molecule has 2 unspecified atom stereocenters. The first-order chi connectivity index (χ1) is 10.6. The molecular formula is C17H25NO3S. The first kappa shape index (κ1) is 16.0. The van der Waals surface area contributed by atoms with Gasteiger partial charge in [-0.3, -0.25) is 4.79 Å². The standard InChI is InChI=1S/C17H25NO3S/c1-3-12-5-10-22-15(12)16(20)18-8-6-17(7-9-18)13(19)11-14(17)21-4-2/h5,10,13-14,19H,3-4,6-9,11H2,1-2H3. The fraction of sp³-hybridized carbons (Fsp3) is 0.706. The number of rotatable bonds is 4. The van der Waals surface area contributed by atoms with Crippen molar-refractivity contribution in [2.75, 3.05) is 19.7 Å². The minimum absolute atomic E-state index is 0.115. The van der Waals surface area contributed by atoms with Gasteiger partial charge in [-0.2, -0.15) is 0 Å². The van der Waals surface area contributed by atoms with Gasteiger partial charge < -0.3 is 14.7 Å². The smallest absolute Gasteiger partial charge is 0.264 e. The Hall–Kier alpha value is -0.910. The number of amides is 1. The molecule has 3 rings (SSSR count). The Morgan fingerprint density at radius 2 is 2.18 bits per heavy atom. The summed E-state index contributed by atoms with van der Waals surface area (Å²) in [5, 5.41) is 12.2. The number of aryl methyl sites for hydroxylation is 1. The summed E-state index contributed by atoms with van der Waals surface area (Å²) in [4.78, 5) is 15.5. The van der Waals surface area contributed by atoms with E-state index in [4.69, 9.17) is 4.74 Å². The third kappa shape index (κ3) is 2.49. The number of likely N-dealkylation sites (tertiary alicyclic amines) is 1. The third-order valence-electron chi connectivity index (χ3n) is 5.41. The summed E-state index contributed by atoms with van der Waals surface area (Å²) in [7, 11) is 0. The van der Waals surface area contributed by atoms with E-state index >= 15 is 0 Å². The molecule has 2 aliphatic rings. The van der Waals surface area contributed by atoms with Crippen molar-refractivity contribution in [3.63, 3.8) is 0 Å². The molecule has 1 N–H and O–H groups in total. The van der Waals surface area contributed by atoms with E-state index in [0.29, 0.717) is 6.61 Å². The molecule has 1 aromatic heterocycles. The Labute approximate surface area is 136 Å². The molecule has 1 aliphatic heterocycles. The Morgan fingerprint density at radius 1 is 1.45 bits per heavy atom. The number of hydrogen-bond acceptors (Lipinski definition) is 4. The number of piperidine rings is 1. The van der Waals surface area contributed by atoms with Gasteiger partial charge in [0.05, 0.1) is 17.1 Å². The summed E-state index contributed by atoms with van der Waals surface area (Å²) in [6.07, 6.45) is 3.22. The van der Waals surface area contributed by atoms with Crippen molar-refractivity contribution in [2.45, 2.75) is 51.7 Å². The van der Waals surface area contributed by atoms with Gasteiger partial charge in [0.1, 0.15) is 0 Å². The number of aliphatic hydroxyl groups is 1. The average Bonchev–Trinajstić information content (AvgIpc) is 3.03. The lowest BCUT2D eigenvalue weighted by atomic mass is 9.58. The molecule has 122 valence electrons. The summed E-state index contributed by atoms with van der Waals surface area (Å²) in [6, 6.07) is 2.05. The van der Waals surface area contributed by atoms with Crippen molar-refractivity contribution in [1.82, 2.24) is 4.90 Å². The summed E-state index contributed by atoms with van der Waals surface area (Å²) in [5.74, 6) is 0.156. The highest BCUT2D eigenvalue weighted by atomic mass is 32.1. The van der Waals surface area contributed by atoms with Crippen LogP contribution in [-0.2, 0) is 11.2 Å². The molecule has 2 fully saturated rings. The summed E-state index contributed by atoms with van der Waals surface area (Å²) >= 11 is 1.54. The molecule has 1 aromatic rings. The Bertz CT molecular complexity index is 532. The van der Waals surface area contributed by atoms with Gasteiger partial charge in [0.25, 0.3) is 5.91 Å². The van der Waals surface area contributed by atoms with Gasteiger partial charge in [-0.1, -0.05) is 6.92 Å². The first-order valence-corrected chi connectivity index (χ1v) is 9.15. The van der Waals surface area contributed by atoms with Gasteiger partial charge in [-0.05, 0) is 43.2 Å². The maximum absolute atomic E-state index is 12.7. The normalized spacial score (nSPS) is 27.0. The Kier molecular flexibility index (Phi) is 4.57. The van der Waals surface area contributed by atoms with E-state index in [2.05, 4.69) is 6.92 Å². The fourth-order valence-corrected chi connectivity index (χ4v) is 4.85. The topological polar surface area (TPSA) is 49.8 Å². The molecule has 1 amide bonds. The predicted molar refractivity (Wildman–Crippen MR) is 87.3 cm³/mol. The molecule has 5 heteroatoms. The van der Waals surface area contributed by atoms with Gasteiger partial charge in [0, 0.05) is 31.5 Å². The van der Waals surface area contributed by atoms with E-state index in [9.17, 15) is 9.90 Å². The van der Waals surface area contributed by atoms with Gasteiger partial charge in [-0.25, -0.2) is 0 Å². The van der Waals surface area contributed by atoms with Crippen LogP contribution in [0.2, 0.25) is 0 Å². The molecule has 22 heavy (non-hydrogen) atoms. The zero-order chi connectivity index (χ0) is 15.7. The molecule has 1 aliphatic carbocycles. The lowest BCUT2D eigenvalue weighted by molar-refractivity contribution is -0.207. The van der Waals surface area contributed by atoms with E-state index in [1.165, 1.54) is 11.3 Å². The van der Waals surface area contributed by atoms with Gasteiger partial charge in [-0.15, -0.1) is 11.3 Å². The minimum Gasteiger partial charge on any atom is -0.392 e. The average molecular weight is 323 g/mol. The van der Waals surface area contributed by atoms with Crippen molar-refractivity contribution in [1.29, 1.82) is 0 Å². The van der Waals surface area contributed by atoms with Crippen molar-refractivity contribution in [3.8, 4) is 0 Å². The van der Waals surface area contributed by atoms with Gasteiger partial charge >= 0.3 is 0 Å². The number of ether oxygens (including phenoxy) is 1. The van der Waals surface area contributed by atoms with E-state index in [0.717, 1.165) is 49.2 Å². The lowest BCUT2D eigenvalue weighted by Gasteiger charge is -2.56. The quantitative estimate of drug-likeness (QED) is 0.927. The van der Waals surface area contributed by atoms with E-state index in [1.54, 1.807) is 0 Å². The van der Waals surface area contributed by atoms with E-state index < -0.39 is 0 Å². The van der Waals surface area contributed by atoms with E-state index in [1.807, 2.05) is 23.3 Å². The third-order valence-corrected chi connectivity index (χ3v) is 6.36. The monoisotopic (exact) mass is 323 g/mol. The molecule has 1 spiro atoms. The molecule has 1 saturated heterocycles. The van der Waals surface area contributed by atoms with Crippen LogP contribution >= 0.6 is 11.3 Å². The Morgan fingerprint density at radius 3 is 2.77 bits per heavy atom. The van der Waals surface area contributed by atoms with Crippen LogP contribution in [0.3, 0.4) is 0 Å². The largest absolute Gasteiger partial charge is 0.392 e. The van der Waals surface area contributed by atoms with Crippen LogP contribution in [0.25, 0.3) is 0 Å². The van der Waals surface area contributed by atoms with Crippen LogP contribution in [0.1, 0.15) is 48.3 Å². The summed E-state index contributed by atoms with van der Waals surface area (Å²) in [5.41, 5.74) is 1.03. The minimum atomic E-state index is -0.269. The number of nitrogens with zero attached hydrogens (tertiary/aromatic N) is 1. The molecule has 1 saturated carbocycles. The maximum atomic E-state index is 12.7. The van der Waals surface area contributed by atoms with Gasteiger partial charge in [0.2, 0.25) is 0 Å². The van der Waals surface area contributed by atoms with Crippen LogP contribution in [-0.4, -0.2) is 47.8 Å². The second-order valence-corrected chi connectivity index (χ2v) is 7.27. The molecule has 0 radical (unpaired) electrons.